The molecule has 2 heterocycles. The van der Waals surface area contributed by atoms with Crippen LogP contribution in [-0.2, 0) is 21.4 Å². The highest BCUT2D eigenvalue weighted by molar-refractivity contribution is 7.90. The van der Waals surface area contributed by atoms with Gasteiger partial charge in [-0.25, -0.2) is 13.4 Å². The first-order valence-electron chi connectivity index (χ1n) is 10.6. The van der Waals surface area contributed by atoms with Gasteiger partial charge in [-0.2, -0.15) is 17.6 Å². The lowest BCUT2D eigenvalue weighted by Crippen LogP contribution is -2.21. The second kappa shape index (κ2) is 8.80. The molecule has 4 rings (SSSR count). The molecule has 1 amide bonds. The molecule has 0 aliphatic heterocycles. The van der Waals surface area contributed by atoms with Crippen molar-refractivity contribution < 1.29 is 35.5 Å². The van der Waals surface area contributed by atoms with Crippen molar-refractivity contribution in [3.8, 4) is 11.6 Å². The molecule has 1 aromatic carbocycles. The zero-order valence-electron chi connectivity index (χ0n) is 19.3. The molecular formula is C23H20F4N4O4S. The zero-order chi connectivity index (χ0) is 26.5. The Kier molecular flexibility index (Phi) is 6.23. The van der Waals surface area contributed by atoms with E-state index >= 15 is 0 Å². The summed E-state index contributed by atoms with van der Waals surface area (Å²) < 4.78 is 84.1. The normalized spacial score (nSPS) is 14.9. The van der Waals surface area contributed by atoms with Crippen LogP contribution in [0.5, 0.6) is 11.6 Å². The number of aromatic nitrogens is 3. The maximum absolute atomic E-state index is 14.7. The predicted octanol–water partition coefficient (Wildman–Crippen LogP) is 4.84. The van der Waals surface area contributed by atoms with Crippen molar-refractivity contribution in [2.24, 2.45) is 0 Å². The first kappa shape index (κ1) is 25.5. The Labute approximate surface area is 203 Å². The molecule has 8 nitrogen and oxygen atoms in total. The van der Waals surface area contributed by atoms with Gasteiger partial charge in [-0.15, -0.1) is 10.2 Å². The minimum Gasteiger partial charge on any atom is -0.432 e. The van der Waals surface area contributed by atoms with E-state index in [0.717, 1.165) is 32.1 Å². The van der Waals surface area contributed by atoms with Gasteiger partial charge in [-0.05, 0) is 55.7 Å². The lowest BCUT2D eigenvalue weighted by Gasteiger charge is -2.16. The number of rotatable bonds is 6. The molecule has 0 atom stereocenters. The number of hydrogen-bond acceptors (Lipinski definition) is 7. The SMILES string of the molecule is Cc1c(C(F)(F)F)nnc(Oc2ccc(C3(C)CC3)nc2F)c1C(=O)Nc1cccc(S(C)(=O)=O)c1. The molecule has 1 N–H and O–H groups in total. The van der Waals surface area contributed by atoms with Crippen molar-refractivity contribution in [2.75, 3.05) is 11.6 Å². The van der Waals surface area contributed by atoms with E-state index in [2.05, 4.69) is 20.5 Å². The van der Waals surface area contributed by atoms with Gasteiger partial charge in [0.05, 0.1) is 4.90 Å². The van der Waals surface area contributed by atoms with Crippen molar-refractivity contribution in [2.45, 2.75) is 43.2 Å². The number of alkyl halides is 3. The van der Waals surface area contributed by atoms with E-state index in [1.54, 1.807) is 0 Å². The fourth-order valence-corrected chi connectivity index (χ4v) is 4.15. The summed E-state index contributed by atoms with van der Waals surface area (Å²) in [5.41, 5.74) is -2.44. The minimum atomic E-state index is -4.94. The molecule has 3 aromatic rings. The molecule has 36 heavy (non-hydrogen) atoms. The highest BCUT2D eigenvalue weighted by Gasteiger charge is 2.41. The van der Waals surface area contributed by atoms with Crippen molar-refractivity contribution in [3.63, 3.8) is 0 Å². The summed E-state index contributed by atoms with van der Waals surface area (Å²) >= 11 is 0. The molecule has 1 fully saturated rings. The molecule has 190 valence electrons. The van der Waals surface area contributed by atoms with E-state index < -0.39 is 56.3 Å². The Hall–Kier alpha value is -3.61. The van der Waals surface area contributed by atoms with Gasteiger partial charge < -0.3 is 10.1 Å². The maximum atomic E-state index is 14.7. The molecule has 0 unspecified atom stereocenters. The van der Waals surface area contributed by atoms with Crippen molar-refractivity contribution >= 4 is 21.4 Å². The summed E-state index contributed by atoms with van der Waals surface area (Å²) in [7, 11) is -3.62. The van der Waals surface area contributed by atoms with Crippen LogP contribution in [0.2, 0.25) is 0 Å². The number of amides is 1. The van der Waals surface area contributed by atoms with Crippen LogP contribution >= 0.6 is 0 Å². The third-order valence-electron chi connectivity index (χ3n) is 5.84. The van der Waals surface area contributed by atoms with Crippen LogP contribution in [0.25, 0.3) is 0 Å². The Bertz CT molecular complexity index is 1470. The summed E-state index contributed by atoms with van der Waals surface area (Å²) in [6.07, 6.45) is -2.29. The average Bonchev–Trinajstić information content (AvgIpc) is 3.52. The van der Waals surface area contributed by atoms with E-state index in [1.807, 2.05) is 6.92 Å². The maximum Gasteiger partial charge on any atom is 0.435 e. The number of carbonyl (C=O) groups is 1. The molecule has 1 aliphatic rings. The number of halogens is 4. The standard InChI is InChI=1S/C23H20F4N4O4S/c1-12-17(20(32)28-13-5-4-6-14(11-13)36(3,33)34)21(31-30-18(12)23(25,26)27)35-15-7-8-16(29-19(15)24)22(2)9-10-22/h4-8,11H,9-10H2,1-3H3,(H,28,32). The zero-order valence-corrected chi connectivity index (χ0v) is 20.1. The molecule has 2 aromatic heterocycles. The van der Waals surface area contributed by atoms with Gasteiger partial charge in [0, 0.05) is 23.1 Å². The third kappa shape index (κ3) is 5.15. The van der Waals surface area contributed by atoms with Crippen molar-refractivity contribution in [1.29, 1.82) is 0 Å². The Balaban J connectivity index is 1.73. The minimum absolute atomic E-state index is 0.00600. The van der Waals surface area contributed by atoms with Gasteiger partial charge in [0.15, 0.2) is 21.3 Å². The van der Waals surface area contributed by atoms with Crippen molar-refractivity contribution in [1.82, 2.24) is 15.2 Å². The molecule has 13 heteroatoms. The fourth-order valence-electron chi connectivity index (χ4n) is 3.49. The van der Waals surface area contributed by atoms with Crippen LogP contribution in [0, 0.1) is 12.9 Å². The number of nitrogens with one attached hydrogen (secondary N) is 1. The van der Waals surface area contributed by atoms with Gasteiger partial charge in [-0.3, -0.25) is 4.79 Å². The topological polar surface area (TPSA) is 111 Å². The third-order valence-corrected chi connectivity index (χ3v) is 6.95. The van der Waals surface area contributed by atoms with Gasteiger partial charge in [0.2, 0.25) is 0 Å². The molecular weight excluding hydrogens is 504 g/mol. The van der Waals surface area contributed by atoms with E-state index in [0.29, 0.717) is 5.69 Å². The van der Waals surface area contributed by atoms with Crippen LogP contribution in [-0.4, -0.2) is 35.8 Å². The number of benzene rings is 1. The van der Waals surface area contributed by atoms with Gasteiger partial charge in [-0.1, -0.05) is 13.0 Å². The highest BCUT2D eigenvalue weighted by atomic mass is 32.2. The predicted molar refractivity (Wildman–Crippen MR) is 120 cm³/mol. The monoisotopic (exact) mass is 524 g/mol. The van der Waals surface area contributed by atoms with Crippen LogP contribution < -0.4 is 10.1 Å². The van der Waals surface area contributed by atoms with Gasteiger partial charge >= 0.3 is 6.18 Å². The summed E-state index contributed by atoms with van der Waals surface area (Å²) in [5.74, 6) is -3.25. The summed E-state index contributed by atoms with van der Waals surface area (Å²) in [6.45, 7) is 2.92. The first-order valence-corrected chi connectivity index (χ1v) is 12.5. The number of hydrogen-bond donors (Lipinski definition) is 1. The highest BCUT2D eigenvalue weighted by Crippen LogP contribution is 2.47. The number of pyridine rings is 1. The van der Waals surface area contributed by atoms with Crippen LogP contribution in [0.4, 0.5) is 23.2 Å². The number of anilines is 1. The lowest BCUT2D eigenvalue weighted by molar-refractivity contribution is -0.142. The average molecular weight is 524 g/mol. The number of nitrogens with zero attached hydrogens (tertiary/aromatic N) is 3. The van der Waals surface area contributed by atoms with Crippen LogP contribution in [0.1, 0.15) is 47.1 Å². The summed E-state index contributed by atoms with van der Waals surface area (Å²) in [6, 6.07) is 7.93. The Morgan fingerprint density at radius 1 is 1.14 bits per heavy atom. The molecule has 0 spiro atoms. The molecule has 1 saturated carbocycles. The molecule has 1 aliphatic carbocycles. The van der Waals surface area contributed by atoms with E-state index in [4.69, 9.17) is 4.74 Å². The van der Waals surface area contributed by atoms with E-state index in [1.165, 1.54) is 30.3 Å². The first-order chi connectivity index (χ1) is 16.7. The number of sulfone groups is 1. The Morgan fingerprint density at radius 2 is 1.83 bits per heavy atom. The van der Waals surface area contributed by atoms with Gasteiger partial charge in [0.1, 0.15) is 5.56 Å². The fraction of sp³-hybridized carbons (Fsp3) is 0.304. The summed E-state index contributed by atoms with van der Waals surface area (Å²) in [4.78, 5) is 16.8. The molecule has 0 saturated heterocycles. The van der Waals surface area contributed by atoms with Crippen LogP contribution in [0.3, 0.4) is 0 Å². The Morgan fingerprint density at radius 3 is 2.42 bits per heavy atom. The molecule has 0 bridgehead atoms. The second-order valence-corrected chi connectivity index (χ2v) is 10.8. The second-order valence-electron chi connectivity index (χ2n) is 8.75. The van der Waals surface area contributed by atoms with Gasteiger partial charge in [0.25, 0.3) is 17.7 Å². The number of ether oxygens (including phenoxy) is 1. The van der Waals surface area contributed by atoms with Crippen LogP contribution in [0.15, 0.2) is 41.3 Å². The van der Waals surface area contributed by atoms with E-state index in [-0.39, 0.29) is 16.0 Å². The smallest absolute Gasteiger partial charge is 0.432 e. The molecule has 0 radical (unpaired) electrons. The van der Waals surface area contributed by atoms with E-state index in [9.17, 15) is 30.8 Å². The quantitative estimate of drug-likeness (QED) is 0.363. The lowest BCUT2D eigenvalue weighted by atomic mass is 10.1. The van der Waals surface area contributed by atoms with Crippen molar-refractivity contribution in [3.05, 3.63) is 64.9 Å². The largest absolute Gasteiger partial charge is 0.435 e. The summed E-state index contributed by atoms with van der Waals surface area (Å²) in [5, 5.41) is 8.88. The number of carbonyl (C=O) groups excluding carboxylic acids is 1.